The maximum Gasteiger partial charge on any atom is 0.138 e. The number of alkyl halides is 1. The van der Waals surface area contributed by atoms with Crippen LogP contribution in [-0.2, 0) is 0 Å². The standard InChI is InChI=1S/C15H14ClN3/c16-11-13(12-5-2-1-3-6-12)18-15-8-4-7-14-17-9-10-19(14)15/h1-10,13,18H,11H2. The van der Waals surface area contributed by atoms with Crippen molar-refractivity contribution in [1.82, 2.24) is 9.38 Å². The number of hydrogen-bond donors (Lipinski definition) is 1. The summed E-state index contributed by atoms with van der Waals surface area (Å²) in [7, 11) is 0. The Kier molecular flexibility index (Phi) is 3.38. The van der Waals surface area contributed by atoms with Crippen molar-refractivity contribution in [1.29, 1.82) is 0 Å². The summed E-state index contributed by atoms with van der Waals surface area (Å²) in [6, 6.07) is 16.3. The molecule has 2 aromatic heterocycles. The first kappa shape index (κ1) is 12.1. The maximum atomic E-state index is 6.09. The van der Waals surface area contributed by atoms with Crippen LogP contribution in [0.5, 0.6) is 0 Å². The number of pyridine rings is 1. The van der Waals surface area contributed by atoms with Gasteiger partial charge >= 0.3 is 0 Å². The predicted octanol–water partition coefficient (Wildman–Crippen LogP) is 3.73. The van der Waals surface area contributed by atoms with E-state index in [1.807, 2.05) is 47.0 Å². The van der Waals surface area contributed by atoms with Gasteiger partial charge in [-0.3, -0.25) is 4.40 Å². The molecule has 0 radical (unpaired) electrons. The minimum Gasteiger partial charge on any atom is -0.363 e. The van der Waals surface area contributed by atoms with Gasteiger partial charge in [-0.05, 0) is 17.7 Å². The molecule has 0 aliphatic rings. The summed E-state index contributed by atoms with van der Waals surface area (Å²) < 4.78 is 2.02. The topological polar surface area (TPSA) is 29.3 Å². The number of nitrogens with zero attached hydrogens (tertiary/aromatic N) is 2. The van der Waals surface area contributed by atoms with Gasteiger partial charge < -0.3 is 5.32 Å². The van der Waals surface area contributed by atoms with Crippen molar-refractivity contribution in [3.63, 3.8) is 0 Å². The molecule has 96 valence electrons. The molecule has 0 fully saturated rings. The summed E-state index contributed by atoms with van der Waals surface area (Å²) in [6.07, 6.45) is 3.73. The van der Waals surface area contributed by atoms with E-state index in [9.17, 15) is 0 Å². The summed E-state index contributed by atoms with van der Waals surface area (Å²) in [6.45, 7) is 0. The molecule has 1 aromatic carbocycles. The Morgan fingerprint density at radius 1 is 1.11 bits per heavy atom. The maximum absolute atomic E-state index is 6.09. The van der Waals surface area contributed by atoms with Crippen LogP contribution < -0.4 is 5.32 Å². The van der Waals surface area contributed by atoms with Gasteiger partial charge in [-0.25, -0.2) is 4.98 Å². The molecule has 0 amide bonds. The largest absolute Gasteiger partial charge is 0.363 e. The van der Waals surface area contributed by atoms with Gasteiger partial charge in [-0.1, -0.05) is 36.4 Å². The first-order valence-electron chi connectivity index (χ1n) is 6.18. The molecule has 2 heterocycles. The number of fused-ring (bicyclic) bond motifs is 1. The third-order valence-corrected chi connectivity index (χ3v) is 3.42. The van der Waals surface area contributed by atoms with Crippen molar-refractivity contribution in [2.45, 2.75) is 6.04 Å². The van der Waals surface area contributed by atoms with Gasteiger partial charge in [0.1, 0.15) is 11.5 Å². The quantitative estimate of drug-likeness (QED) is 0.733. The lowest BCUT2D eigenvalue weighted by Crippen LogP contribution is -2.14. The monoisotopic (exact) mass is 271 g/mol. The Morgan fingerprint density at radius 2 is 1.95 bits per heavy atom. The van der Waals surface area contributed by atoms with E-state index in [-0.39, 0.29) is 6.04 Å². The van der Waals surface area contributed by atoms with Crippen LogP contribution in [0.3, 0.4) is 0 Å². The van der Waals surface area contributed by atoms with Gasteiger partial charge in [0.2, 0.25) is 0 Å². The number of rotatable bonds is 4. The smallest absolute Gasteiger partial charge is 0.138 e. The first-order chi connectivity index (χ1) is 9.38. The van der Waals surface area contributed by atoms with Crippen LogP contribution in [0.1, 0.15) is 11.6 Å². The third kappa shape index (κ3) is 2.42. The number of benzene rings is 1. The van der Waals surface area contributed by atoms with Gasteiger partial charge in [0.25, 0.3) is 0 Å². The van der Waals surface area contributed by atoms with Crippen LogP contribution in [0.25, 0.3) is 5.65 Å². The highest BCUT2D eigenvalue weighted by molar-refractivity contribution is 6.18. The van der Waals surface area contributed by atoms with Crippen LogP contribution in [0, 0.1) is 0 Å². The van der Waals surface area contributed by atoms with Crippen molar-refractivity contribution < 1.29 is 0 Å². The zero-order chi connectivity index (χ0) is 13.1. The van der Waals surface area contributed by atoms with Gasteiger partial charge in [0, 0.05) is 18.3 Å². The molecule has 0 aliphatic heterocycles. The number of nitrogens with one attached hydrogen (secondary N) is 1. The van der Waals surface area contributed by atoms with E-state index in [1.54, 1.807) is 6.20 Å². The van der Waals surface area contributed by atoms with E-state index in [0.29, 0.717) is 5.88 Å². The normalized spacial score (nSPS) is 12.5. The second-order valence-corrected chi connectivity index (χ2v) is 4.64. The lowest BCUT2D eigenvalue weighted by Gasteiger charge is -2.18. The van der Waals surface area contributed by atoms with Crippen LogP contribution in [0.2, 0.25) is 0 Å². The Bertz CT molecular complexity index is 663. The van der Waals surface area contributed by atoms with E-state index < -0.39 is 0 Å². The highest BCUT2D eigenvalue weighted by atomic mass is 35.5. The molecule has 1 atom stereocenters. The summed E-state index contributed by atoms with van der Waals surface area (Å²) in [5, 5.41) is 3.47. The Morgan fingerprint density at radius 3 is 2.74 bits per heavy atom. The molecular formula is C15H14ClN3. The van der Waals surface area contributed by atoms with Crippen LogP contribution in [0.4, 0.5) is 5.82 Å². The van der Waals surface area contributed by atoms with Gasteiger partial charge in [-0.15, -0.1) is 11.6 Å². The molecule has 0 aliphatic carbocycles. The van der Waals surface area contributed by atoms with Crippen molar-refractivity contribution in [2.24, 2.45) is 0 Å². The molecule has 19 heavy (non-hydrogen) atoms. The average molecular weight is 272 g/mol. The summed E-state index contributed by atoms with van der Waals surface area (Å²) in [5.41, 5.74) is 2.10. The molecule has 3 nitrogen and oxygen atoms in total. The highest BCUT2D eigenvalue weighted by Gasteiger charge is 2.11. The number of aromatic nitrogens is 2. The van der Waals surface area contributed by atoms with Crippen molar-refractivity contribution in [3.05, 3.63) is 66.5 Å². The fraction of sp³-hybridized carbons (Fsp3) is 0.133. The predicted molar refractivity (Wildman–Crippen MR) is 78.7 cm³/mol. The summed E-state index contributed by atoms with van der Waals surface area (Å²) >= 11 is 6.09. The number of halogens is 1. The molecule has 0 spiro atoms. The number of hydrogen-bond acceptors (Lipinski definition) is 2. The minimum atomic E-state index is 0.0795. The summed E-state index contributed by atoms with van der Waals surface area (Å²) in [5.74, 6) is 1.50. The molecule has 0 saturated heterocycles. The van der Waals surface area contributed by atoms with Crippen LogP contribution in [0.15, 0.2) is 60.9 Å². The minimum absolute atomic E-state index is 0.0795. The van der Waals surface area contributed by atoms with Crippen molar-refractivity contribution >= 4 is 23.1 Å². The molecule has 4 heteroatoms. The molecule has 3 aromatic rings. The average Bonchev–Trinajstić information content (AvgIpc) is 2.95. The molecule has 1 N–H and O–H groups in total. The van der Waals surface area contributed by atoms with Crippen LogP contribution >= 0.6 is 11.6 Å². The van der Waals surface area contributed by atoms with E-state index in [2.05, 4.69) is 22.4 Å². The molecule has 3 rings (SSSR count). The van der Waals surface area contributed by atoms with Gasteiger partial charge in [-0.2, -0.15) is 0 Å². The van der Waals surface area contributed by atoms with Gasteiger partial charge in [0.15, 0.2) is 0 Å². The fourth-order valence-corrected chi connectivity index (χ4v) is 2.40. The van der Waals surface area contributed by atoms with Crippen molar-refractivity contribution in [3.8, 4) is 0 Å². The molecule has 0 bridgehead atoms. The summed E-state index contributed by atoms with van der Waals surface area (Å²) in [4.78, 5) is 4.28. The number of anilines is 1. The Balaban J connectivity index is 1.93. The fourth-order valence-electron chi connectivity index (χ4n) is 2.14. The molecular weight excluding hydrogens is 258 g/mol. The van der Waals surface area contributed by atoms with Crippen molar-refractivity contribution in [2.75, 3.05) is 11.2 Å². The second-order valence-electron chi connectivity index (χ2n) is 4.33. The van der Waals surface area contributed by atoms with E-state index in [4.69, 9.17) is 11.6 Å². The van der Waals surface area contributed by atoms with Crippen LogP contribution in [-0.4, -0.2) is 15.3 Å². The molecule has 1 unspecified atom stereocenters. The second kappa shape index (κ2) is 5.33. The Hall–Kier alpha value is -2.00. The molecule has 0 saturated carbocycles. The zero-order valence-electron chi connectivity index (χ0n) is 10.3. The van der Waals surface area contributed by atoms with E-state index in [1.165, 1.54) is 5.56 Å². The third-order valence-electron chi connectivity index (χ3n) is 3.11. The van der Waals surface area contributed by atoms with E-state index in [0.717, 1.165) is 11.5 Å². The van der Waals surface area contributed by atoms with Gasteiger partial charge in [0.05, 0.1) is 6.04 Å². The SMILES string of the molecule is ClCC(Nc1cccc2nccn12)c1ccccc1. The lowest BCUT2D eigenvalue weighted by molar-refractivity contribution is 0.876. The zero-order valence-corrected chi connectivity index (χ0v) is 11.1. The Labute approximate surface area is 116 Å². The lowest BCUT2D eigenvalue weighted by atomic mass is 10.1. The first-order valence-corrected chi connectivity index (χ1v) is 6.71. The van der Waals surface area contributed by atoms with E-state index >= 15 is 0 Å². The highest BCUT2D eigenvalue weighted by Crippen LogP contribution is 2.21. The number of imidazole rings is 1.